The summed E-state index contributed by atoms with van der Waals surface area (Å²) >= 11 is 0. The average molecular weight is 289 g/mol. The fraction of sp³-hybridized carbons (Fsp3) is 0.250. The van der Waals surface area contributed by atoms with Crippen LogP contribution in [0.15, 0.2) is 52.9 Å². The molecule has 2 heteroatoms. The lowest BCUT2D eigenvalue weighted by molar-refractivity contribution is 0.599. The molecule has 1 aromatic heterocycles. The third-order valence-corrected chi connectivity index (χ3v) is 3.98. The van der Waals surface area contributed by atoms with E-state index in [1.807, 2.05) is 18.2 Å². The molecular weight excluding hydrogens is 270 g/mol. The van der Waals surface area contributed by atoms with Crippen LogP contribution in [0.2, 0.25) is 0 Å². The van der Waals surface area contributed by atoms with E-state index < -0.39 is 0 Å². The number of hydrogen-bond acceptors (Lipinski definition) is 2. The van der Waals surface area contributed by atoms with Crippen molar-refractivity contribution in [1.29, 1.82) is 5.26 Å². The van der Waals surface area contributed by atoms with Crippen molar-refractivity contribution in [2.24, 2.45) is 0 Å². The van der Waals surface area contributed by atoms with Crippen molar-refractivity contribution in [3.05, 3.63) is 59.9 Å². The van der Waals surface area contributed by atoms with Crippen molar-refractivity contribution >= 4 is 11.0 Å². The molecule has 0 fully saturated rings. The minimum absolute atomic E-state index is 0.360. The summed E-state index contributed by atoms with van der Waals surface area (Å²) in [5.74, 6) is 0.360. The number of nitrogens with zero attached hydrogens (tertiary/aromatic N) is 1. The van der Waals surface area contributed by atoms with Gasteiger partial charge < -0.3 is 4.42 Å². The molecule has 0 amide bonds. The van der Waals surface area contributed by atoms with E-state index in [1.165, 1.54) is 30.4 Å². The van der Waals surface area contributed by atoms with Crippen molar-refractivity contribution in [2.45, 2.75) is 32.6 Å². The van der Waals surface area contributed by atoms with E-state index >= 15 is 0 Å². The van der Waals surface area contributed by atoms with Crippen molar-refractivity contribution in [1.82, 2.24) is 0 Å². The Labute approximate surface area is 131 Å². The second-order valence-corrected chi connectivity index (χ2v) is 5.63. The highest BCUT2D eigenvalue weighted by atomic mass is 16.3. The number of hydrogen-bond donors (Lipinski definition) is 0. The summed E-state index contributed by atoms with van der Waals surface area (Å²) in [7, 11) is 0. The molecule has 110 valence electrons. The number of benzene rings is 2. The lowest BCUT2D eigenvalue weighted by Crippen LogP contribution is -1.85. The average Bonchev–Trinajstić information content (AvgIpc) is 2.98. The van der Waals surface area contributed by atoms with Gasteiger partial charge in [-0.3, -0.25) is 0 Å². The smallest absolute Gasteiger partial charge is 0.204 e. The molecule has 2 aromatic carbocycles. The van der Waals surface area contributed by atoms with Crippen LogP contribution in [0.3, 0.4) is 0 Å². The van der Waals surface area contributed by atoms with Crippen molar-refractivity contribution in [3.63, 3.8) is 0 Å². The molecule has 0 N–H and O–H groups in total. The molecule has 0 aliphatic rings. The Morgan fingerprint density at radius 3 is 2.45 bits per heavy atom. The molecule has 3 rings (SSSR count). The zero-order valence-corrected chi connectivity index (χ0v) is 12.8. The van der Waals surface area contributed by atoms with Gasteiger partial charge in [0.05, 0.1) is 0 Å². The van der Waals surface area contributed by atoms with Crippen LogP contribution in [-0.4, -0.2) is 0 Å². The van der Waals surface area contributed by atoms with Crippen LogP contribution in [0, 0.1) is 11.3 Å². The van der Waals surface area contributed by atoms with Crippen LogP contribution < -0.4 is 0 Å². The second-order valence-electron chi connectivity index (χ2n) is 5.63. The molecule has 2 nitrogen and oxygen atoms in total. The highest BCUT2D eigenvalue weighted by molar-refractivity contribution is 5.84. The Morgan fingerprint density at radius 1 is 0.955 bits per heavy atom. The zero-order chi connectivity index (χ0) is 15.4. The number of nitriles is 1. The van der Waals surface area contributed by atoms with E-state index in [4.69, 9.17) is 9.68 Å². The maximum absolute atomic E-state index is 8.90. The first-order chi connectivity index (χ1) is 10.8. The lowest BCUT2D eigenvalue weighted by Gasteiger charge is -2.05. The molecule has 22 heavy (non-hydrogen) atoms. The third kappa shape index (κ3) is 3.04. The van der Waals surface area contributed by atoms with E-state index in [2.05, 4.69) is 37.3 Å². The largest absolute Gasteiger partial charge is 0.446 e. The van der Waals surface area contributed by atoms with E-state index in [0.29, 0.717) is 5.76 Å². The van der Waals surface area contributed by atoms with Gasteiger partial charge in [0.25, 0.3) is 0 Å². The molecule has 0 aliphatic heterocycles. The van der Waals surface area contributed by atoms with E-state index in [1.54, 1.807) is 6.07 Å². The molecule has 0 radical (unpaired) electrons. The topological polar surface area (TPSA) is 36.9 Å². The van der Waals surface area contributed by atoms with Gasteiger partial charge in [-0.2, -0.15) is 5.26 Å². The van der Waals surface area contributed by atoms with Gasteiger partial charge in [-0.25, -0.2) is 0 Å². The summed E-state index contributed by atoms with van der Waals surface area (Å²) in [5.41, 5.74) is 4.50. The molecule has 3 aromatic rings. The third-order valence-electron chi connectivity index (χ3n) is 3.98. The number of fused-ring (bicyclic) bond motifs is 1. The van der Waals surface area contributed by atoms with Gasteiger partial charge in [0.2, 0.25) is 5.76 Å². The fourth-order valence-corrected chi connectivity index (χ4v) is 2.72. The summed E-state index contributed by atoms with van der Waals surface area (Å²) in [6.07, 6.45) is 4.96. The van der Waals surface area contributed by atoms with Gasteiger partial charge >= 0.3 is 0 Å². The first kappa shape index (κ1) is 14.4. The normalized spacial score (nSPS) is 10.7. The number of rotatable bonds is 5. The summed E-state index contributed by atoms with van der Waals surface area (Å²) in [6, 6.07) is 18.7. The monoisotopic (exact) mass is 289 g/mol. The molecular formula is C20H19NO. The Bertz CT molecular complexity index is 806. The van der Waals surface area contributed by atoms with Crippen LogP contribution in [0.5, 0.6) is 0 Å². The Hall–Kier alpha value is -2.53. The standard InChI is InChI=1S/C20H19NO/c1-2-3-4-5-15-6-8-16(9-7-15)17-10-11-20-18(12-17)13-19(14-21)22-20/h6-13H,2-5H2,1H3. The van der Waals surface area contributed by atoms with Crippen molar-refractivity contribution < 1.29 is 4.42 Å². The Morgan fingerprint density at radius 2 is 1.73 bits per heavy atom. The van der Waals surface area contributed by atoms with Crippen LogP contribution >= 0.6 is 0 Å². The quantitative estimate of drug-likeness (QED) is 0.564. The first-order valence-corrected chi connectivity index (χ1v) is 7.83. The van der Waals surface area contributed by atoms with Gasteiger partial charge in [-0.05, 0) is 41.7 Å². The van der Waals surface area contributed by atoms with Gasteiger partial charge in [-0.15, -0.1) is 0 Å². The molecule has 0 atom stereocenters. The second kappa shape index (κ2) is 6.49. The first-order valence-electron chi connectivity index (χ1n) is 7.83. The summed E-state index contributed by atoms with van der Waals surface area (Å²) < 4.78 is 5.42. The van der Waals surface area contributed by atoms with Crippen LogP contribution in [0.25, 0.3) is 22.1 Å². The molecule has 0 unspecified atom stereocenters. The van der Waals surface area contributed by atoms with Crippen molar-refractivity contribution in [3.8, 4) is 17.2 Å². The minimum atomic E-state index is 0.360. The van der Waals surface area contributed by atoms with Gasteiger partial charge in [0.15, 0.2) is 0 Å². The highest BCUT2D eigenvalue weighted by Crippen LogP contribution is 2.27. The molecule has 0 bridgehead atoms. The van der Waals surface area contributed by atoms with Crippen LogP contribution in [0.4, 0.5) is 0 Å². The molecule has 0 saturated heterocycles. The molecule has 0 aliphatic carbocycles. The number of furan rings is 1. The number of unbranched alkanes of at least 4 members (excludes halogenated alkanes) is 2. The molecule has 0 spiro atoms. The van der Waals surface area contributed by atoms with E-state index in [-0.39, 0.29) is 0 Å². The van der Waals surface area contributed by atoms with Gasteiger partial charge in [0.1, 0.15) is 11.7 Å². The molecule has 0 saturated carbocycles. The Kier molecular flexibility index (Phi) is 4.25. The van der Waals surface area contributed by atoms with Gasteiger partial charge in [0, 0.05) is 11.5 Å². The predicted molar refractivity (Wildman–Crippen MR) is 89.6 cm³/mol. The zero-order valence-electron chi connectivity index (χ0n) is 12.8. The summed E-state index contributed by atoms with van der Waals surface area (Å²) in [4.78, 5) is 0. The van der Waals surface area contributed by atoms with Gasteiger partial charge in [-0.1, -0.05) is 50.1 Å². The summed E-state index contributed by atoms with van der Waals surface area (Å²) in [5, 5.41) is 9.87. The van der Waals surface area contributed by atoms with E-state index in [0.717, 1.165) is 23.0 Å². The maximum atomic E-state index is 8.90. The van der Waals surface area contributed by atoms with E-state index in [9.17, 15) is 0 Å². The minimum Gasteiger partial charge on any atom is -0.446 e. The highest BCUT2D eigenvalue weighted by Gasteiger charge is 2.05. The lowest BCUT2D eigenvalue weighted by atomic mass is 10.0. The predicted octanol–water partition coefficient (Wildman–Crippen LogP) is 5.70. The SMILES string of the molecule is CCCCCc1ccc(-c2ccc3oc(C#N)cc3c2)cc1. The van der Waals surface area contributed by atoms with Crippen LogP contribution in [0.1, 0.15) is 37.5 Å². The fourth-order valence-electron chi connectivity index (χ4n) is 2.72. The maximum Gasteiger partial charge on any atom is 0.204 e. The Balaban J connectivity index is 1.82. The summed E-state index contributed by atoms with van der Waals surface area (Å²) in [6.45, 7) is 2.23. The molecule has 1 heterocycles. The van der Waals surface area contributed by atoms with Crippen molar-refractivity contribution in [2.75, 3.05) is 0 Å². The van der Waals surface area contributed by atoms with Crippen LogP contribution in [-0.2, 0) is 6.42 Å². The number of aryl methyl sites for hydroxylation is 1.